The Kier molecular flexibility index (Phi) is 5.80. The third kappa shape index (κ3) is 3.46. The van der Waals surface area contributed by atoms with Crippen molar-refractivity contribution in [2.24, 2.45) is 11.8 Å². The van der Waals surface area contributed by atoms with Crippen LogP contribution in [0.15, 0.2) is 72.8 Å². The van der Waals surface area contributed by atoms with Gasteiger partial charge in [-0.1, -0.05) is 0 Å². The minimum atomic E-state index is -1.32. The van der Waals surface area contributed by atoms with Crippen molar-refractivity contribution in [2.45, 2.75) is 11.6 Å². The molecule has 2 aliphatic rings. The zero-order valence-corrected chi connectivity index (χ0v) is 19.5. The van der Waals surface area contributed by atoms with Gasteiger partial charge in [0.05, 0.1) is 19.9 Å². The second-order valence-electron chi connectivity index (χ2n) is 8.81. The minimum absolute atomic E-state index is 0.330. The van der Waals surface area contributed by atoms with Crippen LogP contribution in [0.1, 0.15) is 11.1 Å². The molecule has 2 N–H and O–H groups in total. The van der Waals surface area contributed by atoms with Crippen LogP contribution in [-0.2, 0) is 24.7 Å². The zero-order chi connectivity index (χ0) is 25.6. The molecule has 3 atom stereocenters. The maximum absolute atomic E-state index is 14.1. The van der Waals surface area contributed by atoms with Crippen molar-refractivity contribution >= 4 is 23.5 Å². The normalized spacial score (nSPS) is 22.4. The molecule has 0 radical (unpaired) electrons. The number of ether oxygens (including phenoxy) is 2. The van der Waals surface area contributed by atoms with Crippen LogP contribution in [0, 0.1) is 23.5 Å². The van der Waals surface area contributed by atoms with E-state index < -0.39 is 52.8 Å². The summed E-state index contributed by atoms with van der Waals surface area (Å²) in [4.78, 5) is 41.8. The summed E-state index contributed by atoms with van der Waals surface area (Å²) in [6.45, 7) is 0. The Hall–Kier alpha value is -4.11. The van der Waals surface area contributed by atoms with Crippen LogP contribution in [0.5, 0.6) is 5.75 Å². The van der Waals surface area contributed by atoms with E-state index in [0.717, 1.165) is 4.90 Å². The van der Waals surface area contributed by atoms with Gasteiger partial charge in [0.25, 0.3) is 0 Å². The lowest BCUT2D eigenvalue weighted by Crippen LogP contribution is -2.99. The van der Waals surface area contributed by atoms with E-state index in [1.165, 1.54) is 62.8 Å². The number of halogens is 2. The van der Waals surface area contributed by atoms with Crippen molar-refractivity contribution in [1.29, 1.82) is 0 Å². The summed E-state index contributed by atoms with van der Waals surface area (Å²) in [6, 6.07) is 16.4. The molecule has 2 saturated heterocycles. The molecular formula is C27H23F2N2O5+. The first kappa shape index (κ1) is 23.6. The van der Waals surface area contributed by atoms with Gasteiger partial charge in [-0.05, 0) is 72.8 Å². The number of quaternary nitrogens is 1. The van der Waals surface area contributed by atoms with Crippen LogP contribution in [0.3, 0.4) is 0 Å². The first-order chi connectivity index (χ1) is 17.3. The highest BCUT2D eigenvalue weighted by Crippen LogP contribution is 2.48. The summed E-state index contributed by atoms with van der Waals surface area (Å²) in [5, 5.41) is 1.62. The van der Waals surface area contributed by atoms with Gasteiger partial charge in [0.15, 0.2) is 11.6 Å². The molecule has 2 fully saturated rings. The van der Waals surface area contributed by atoms with Crippen LogP contribution in [0.2, 0.25) is 0 Å². The van der Waals surface area contributed by atoms with E-state index in [0.29, 0.717) is 22.6 Å². The molecule has 3 aromatic rings. The lowest BCUT2D eigenvalue weighted by molar-refractivity contribution is -0.729. The Balaban J connectivity index is 1.73. The first-order valence-corrected chi connectivity index (χ1v) is 11.3. The number of hydrogen-bond acceptors (Lipinski definition) is 5. The molecule has 36 heavy (non-hydrogen) atoms. The summed E-state index contributed by atoms with van der Waals surface area (Å²) in [7, 11) is 2.71. The first-order valence-electron chi connectivity index (χ1n) is 11.3. The fourth-order valence-corrected chi connectivity index (χ4v) is 5.53. The van der Waals surface area contributed by atoms with Gasteiger partial charge in [0, 0.05) is 11.1 Å². The third-order valence-corrected chi connectivity index (χ3v) is 7.12. The lowest BCUT2D eigenvalue weighted by atomic mass is 9.71. The van der Waals surface area contributed by atoms with Crippen molar-refractivity contribution < 1.29 is 38.0 Å². The van der Waals surface area contributed by atoms with Gasteiger partial charge in [-0.2, -0.15) is 0 Å². The van der Waals surface area contributed by atoms with Gasteiger partial charge in [0.2, 0.25) is 11.8 Å². The molecule has 0 saturated carbocycles. The summed E-state index contributed by atoms with van der Waals surface area (Å²) >= 11 is 0. The maximum Gasteiger partial charge on any atom is 0.365 e. The topological polar surface area (TPSA) is 89.5 Å². The molecule has 0 spiro atoms. The fraction of sp³-hybridized carbons (Fsp3) is 0.222. The summed E-state index contributed by atoms with van der Waals surface area (Å²) in [6.07, 6.45) is 0. The molecule has 0 unspecified atom stereocenters. The van der Waals surface area contributed by atoms with Crippen molar-refractivity contribution in [3.05, 3.63) is 95.6 Å². The van der Waals surface area contributed by atoms with Crippen molar-refractivity contribution in [3.8, 4) is 5.75 Å². The molecule has 3 aromatic carbocycles. The Morgan fingerprint density at radius 2 is 1.36 bits per heavy atom. The number of fused-ring (bicyclic) bond motifs is 1. The molecule has 9 heteroatoms. The van der Waals surface area contributed by atoms with Gasteiger partial charge in [-0.15, -0.1) is 0 Å². The number of hydrogen-bond donors (Lipinski definition) is 1. The summed E-state index contributed by atoms with van der Waals surface area (Å²) < 4.78 is 38.0. The van der Waals surface area contributed by atoms with Crippen molar-refractivity contribution in [3.63, 3.8) is 0 Å². The van der Waals surface area contributed by atoms with E-state index in [1.807, 2.05) is 0 Å². The number of methoxy groups -OCH3 is 2. The second kappa shape index (κ2) is 8.83. The zero-order valence-electron chi connectivity index (χ0n) is 19.5. The van der Waals surface area contributed by atoms with Crippen LogP contribution < -0.4 is 15.0 Å². The van der Waals surface area contributed by atoms with Gasteiger partial charge < -0.3 is 14.8 Å². The average molecular weight is 493 g/mol. The van der Waals surface area contributed by atoms with Gasteiger partial charge in [-0.25, -0.2) is 18.5 Å². The molecule has 184 valence electrons. The lowest BCUT2D eigenvalue weighted by Gasteiger charge is -2.32. The average Bonchev–Trinajstić information content (AvgIpc) is 3.39. The van der Waals surface area contributed by atoms with Gasteiger partial charge in [-0.3, -0.25) is 9.59 Å². The van der Waals surface area contributed by atoms with Crippen molar-refractivity contribution in [2.75, 3.05) is 19.1 Å². The SMILES string of the molecule is COC(=O)[C@H]1[NH2+]C(c2ccc(F)cc2)(c2ccc(F)cc2)[C@@H]2C(=O)N(c3ccc(OC)cc3)C(=O)[C@H]12. The number of nitrogens with two attached hydrogens (primary N) is 1. The summed E-state index contributed by atoms with van der Waals surface area (Å²) in [5.74, 6) is -4.28. The minimum Gasteiger partial charge on any atom is -0.497 e. The highest BCUT2D eigenvalue weighted by molar-refractivity contribution is 6.23. The Morgan fingerprint density at radius 1 is 0.833 bits per heavy atom. The molecule has 7 nitrogen and oxygen atoms in total. The molecule has 2 heterocycles. The molecule has 0 bridgehead atoms. The van der Waals surface area contributed by atoms with E-state index in [-0.39, 0.29) is 0 Å². The smallest absolute Gasteiger partial charge is 0.365 e. The number of nitrogens with zero attached hydrogens (tertiary/aromatic N) is 1. The van der Waals surface area contributed by atoms with Crippen LogP contribution >= 0.6 is 0 Å². The molecule has 0 aromatic heterocycles. The molecule has 5 rings (SSSR count). The molecule has 2 amide bonds. The quantitative estimate of drug-likeness (QED) is 0.435. The van der Waals surface area contributed by atoms with E-state index in [4.69, 9.17) is 9.47 Å². The van der Waals surface area contributed by atoms with Crippen molar-refractivity contribution in [1.82, 2.24) is 0 Å². The number of esters is 1. The van der Waals surface area contributed by atoms with E-state index >= 15 is 0 Å². The number of benzene rings is 3. The van der Waals surface area contributed by atoms with Gasteiger partial charge in [0.1, 0.15) is 29.2 Å². The third-order valence-electron chi connectivity index (χ3n) is 7.12. The Bertz CT molecular complexity index is 1280. The number of carbonyl (C=O) groups excluding carboxylic acids is 3. The number of anilines is 1. The highest BCUT2D eigenvalue weighted by Gasteiger charge is 2.72. The number of carbonyl (C=O) groups is 3. The van der Waals surface area contributed by atoms with E-state index in [9.17, 15) is 23.2 Å². The second-order valence-corrected chi connectivity index (χ2v) is 8.81. The molecule has 0 aliphatic carbocycles. The highest BCUT2D eigenvalue weighted by atomic mass is 19.1. The van der Waals surface area contributed by atoms with E-state index in [2.05, 4.69) is 0 Å². The monoisotopic (exact) mass is 493 g/mol. The number of rotatable bonds is 5. The fourth-order valence-electron chi connectivity index (χ4n) is 5.53. The van der Waals surface area contributed by atoms with Crippen LogP contribution in [-0.4, -0.2) is 38.0 Å². The Labute approximate surface area is 205 Å². The van der Waals surface area contributed by atoms with Crippen LogP contribution in [0.4, 0.5) is 14.5 Å². The van der Waals surface area contributed by atoms with E-state index in [1.54, 1.807) is 29.6 Å². The molecular weight excluding hydrogens is 470 g/mol. The summed E-state index contributed by atoms with van der Waals surface area (Å²) in [5.41, 5.74) is -0.000908. The largest absolute Gasteiger partial charge is 0.497 e. The number of imide groups is 1. The maximum atomic E-state index is 14.1. The number of amides is 2. The standard InChI is InChI=1S/C27H22F2N2O5/c1-35-20-13-11-19(12-14-20)31-24(32)21-22(25(31)33)27(30-23(21)26(34)36-2,15-3-7-17(28)8-4-15)16-5-9-18(29)10-6-16/h3-14,21-23,30H,1-2H3/p+1/t21-,22-,23-/m0/s1. The predicted molar refractivity (Wildman–Crippen MR) is 124 cm³/mol. The van der Waals surface area contributed by atoms with Crippen LogP contribution in [0.25, 0.3) is 0 Å². The molecule has 2 aliphatic heterocycles. The van der Waals surface area contributed by atoms with Gasteiger partial charge >= 0.3 is 5.97 Å². The Morgan fingerprint density at radius 3 is 1.83 bits per heavy atom. The predicted octanol–water partition coefficient (Wildman–Crippen LogP) is 2.14.